The van der Waals surface area contributed by atoms with E-state index >= 15 is 0 Å². The Morgan fingerprint density at radius 3 is 2.13 bits per heavy atom. The van der Waals surface area contributed by atoms with Crippen molar-refractivity contribution in [2.45, 2.75) is 5.79 Å². The molecule has 0 spiro atoms. The maximum atomic E-state index is 10.6. The molecule has 0 aliphatic carbocycles. The normalized spacial score (nSPS) is 20.0. The molecule has 2 aromatic carbocycles. The first-order valence-corrected chi connectivity index (χ1v) is 6.37. The standard InChI is InChI=1S/C15H12O8/c16-7-4-10(19)12-11(5-7)23-15(22,14(21)13(12)20)6-1-2-8(17)9(18)3-6/h1-5,16-22H. The number of phenols is 4. The molecule has 1 heterocycles. The monoisotopic (exact) mass is 320 g/mol. The van der Waals surface area contributed by atoms with Crippen LogP contribution in [0.4, 0.5) is 0 Å². The van der Waals surface area contributed by atoms with E-state index in [1.807, 2.05) is 0 Å². The Bertz CT molecular complexity index is 842. The number of aliphatic hydroxyl groups is 3. The molecule has 23 heavy (non-hydrogen) atoms. The minimum Gasteiger partial charge on any atom is -0.508 e. The lowest BCUT2D eigenvalue weighted by molar-refractivity contribution is -0.142. The van der Waals surface area contributed by atoms with Gasteiger partial charge in [0.15, 0.2) is 17.3 Å². The topological polar surface area (TPSA) is 151 Å². The van der Waals surface area contributed by atoms with E-state index in [4.69, 9.17) is 4.74 Å². The van der Waals surface area contributed by atoms with E-state index in [1.54, 1.807) is 0 Å². The predicted molar refractivity (Wildman–Crippen MR) is 76.2 cm³/mol. The number of rotatable bonds is 1. The molecule has 1 aliphatic heterocycles. The first kappa shape index (κ1) is 14.7. The van der Waals surface area contributed by atoms with Gasteiger partial charge in [-0.2, -0.15) is 0 Å². The van der Waals surface area contributed by atoms with Crippen molar-refractivity contribution in [3.63, 3.8) is 0 Å². The maximum Gasteiger partial charge on any atom is 0.297 e. The average molecular weight is 320 g/mol. The van der Waals surface area contributed by atoms with Gasteiger partial charge in [0.1, 0.15) is 22.8 Å². The second kappa shape index (κ2) is 4.62. The van der Waals surface area contributed by atoms with Crippen LogP contribution in [0.2, 0.25) is 0 Å². The Morgan fingerprint density at radius 2 is 1.48 bits per heavy atom. The maximum absolute atomic E-state index is 10.6. The van der Waals surface area contributed by atoms with E-state index in [9.17, 15) is 35.7 Å². The number of fused-ring (bicyclic) bond motifs is 1. The second-order valence-corrected chi connectivity index (χ2v) is 4.98. The zero-order valence-corrected chi connectivity index (χ0v) is 11.4. The van der Waals surface area contributed by atoms with Gasteiger partial charge >= 0.3 is 0 Å². The number of hydrogen-bond donors (Lipinski definition) is 7. The van der Waals surface area contributed by atoms with Gasteiger partial charge in [0, 0.05) is 17.7 Å². The molecule has 1 aliphatic rings. The van der Waals surface area contributed by atoms with Crippen LogP contribution in [0.25, 0.3) is 5.76 Å². The second-order valence-electron chi connectivity index (χ2n) is 4.98. The van der Waals surface area contributed by atoms with Gasteiger partial charge in [-0.05, 0) is 18.2 Å². The molecular weight excluding hydrogens is 308 g/mol. The molecule has 8 nitrogen and oxygen atoms in total. The summed E-state index contributed by atoms with van der Waals surface area (Å²) in [5.74, 6) is -6.80. The third-order valence-electron chi connectivity index (χ3n) is 3.47. The number of phenolic OH excluding ortho intramolecular Hbond substituents is 4. The Kier molecular flexibility index (Phi) is 2.94. The average Bonchev–Trinajstić information content (AvgIpc) is 2.46. The van der Waals surface area contributed by atoms with E-state index < -0.39 is 40.3 Å². The first-order valence-electron chi connectivity index (χ1n) is 6.37. The molecule has 2 aromatic rings. The third-order valence-corrected chi connectivity index (χ3v) is 3.47. The van der Waals surface area contributed by atoms with Gasteiger partial charge in [-0.3, -0.25) is 0 Å². The van der Waals surface area contributed by atoms with Crippen LogP contribution < -0.4 is 4.74 Å². The smallest absolute Gasteiger partial charge is 0.297 e. The van der Waals surface area contributed by atoms with Crippen molar-refractivity contribution in [1.29, 1.82) is 0 Å². The van der Waals surface area contributed by atoms with E-state index in [2.05, 4.69) is 0 Å². The summed E-state index contributed by atoms with van der Waals surface area (Å²) < 4.78 is 5.22. The minimum absolute atomic E-state index is 0.203. The quantitative estimate of drug-likeness (QED) is 0.391. The fraction of sp³-hybridized carbons (Fsp3) is 0.0667. The molecule has 0 bridgehead atoms. The van der Waals surface area contributed by atoms with Crippen LogP contribution in [0.15, 0.2) is 36.1 Å². The van der Waals surface area contributed by atoms with Gasteiger partial charge in [-0.15, -0.1) is 0 Å². The molecule has 0 amide bonds. The summed E-state index contributed by atoms with van der Waals surface area (Å²) in [5.41, 5.74) is -0.515. The number of aliphatic hydroxyl groups excluding tert-OH is 2. The lowest BCUT2D eigenvalue weighted by Gasteiger charge is -2.33. The van der Waals surface area contributed by atoms with Gasteiger partial charge in [0.2, 0.25) is 5.76 Å². The molecular formula is C15H12O8. The number of ether oxygens (including phenoxy) is 1. The molecule has 1 unspecified atom stereocenters. The van der Waals surface area contributed by atoms with Gasteiger partial charge in [0.25, 0.3) is 5.79 Å². The molecule has 120 valence electrons. The molecule has 0 radical (unpaired) electrons. The molecule has 0 saturated carbocycles. The highest BCUT2D eigenvalue weighted by atomic mass is 16.6. The van der Waals surface area contributed by atoms with Crippen molar-refractivity contribution in [1.82, 2.24) is 0 Å². The van der Waals surface area contributed by atoms with Crippen LogP contribution in [0.5, 0.6) is 28.7 Å². The Balaban J connectivity index is 2.23. The summed E-state index contributed by atoms with van der Waals surface area (Å²) in [6, 6.07) is 5.05. The highest BCUT2D eigenvalue weighted by molar-refractivity contribution is 5.75. The van der Waals surface area contributed by atoms with Crippen molar-refractivity contribution in [2.75, 3.05) is 0 Å². The van der Waals surface area contributed by atoms with Crippen LogP contribution in [0, 0.1) is 0 Å². The summed E-state index contributed by atoms with van der Waals surface area (Å²) in [6.45, 7) is 0. The molecule has 0 aromatic heterocycles. The van der Waals surface area contributed by atoms with Gasteiger partial charge in [-0.25, -0.2) is 0 Å². The zero-order chi connectivity index (χ0) is 16.9. The molecule has 8 heteroatoms. The highest BCUT2D eigenvalue weighted by Crippen LogP contribution is 2.48. The third kappa shape index (κ3) is 2.04. The Hall–Kier alpha value is -3.26. The van der Waals surface area contributed by atoms with Crippen LogP contribution in [0.1, 0.15) is 11.1 Å². The van der Waals surface area contributed by atoms with Crippen LogP contribution in [0.3, 0.4) is 0 Å². The van der Waals surface area contributed by atoms with Crippen LogP contribution in [-0.4, -0.2) is 35.7 Å². The SMILES string of the molecule is OC1=C(O)C(O)(c2ccc(O)c(O)c2)Oc2cc(O)cc(O)c21. The summed E-state index contributed by atoms with van der Waals surface area (Å²) in [7, 11) is 0. The fourth-order valence-electron chi connectivity index (χ4n) is 2.32. The highest BCUT2D eigenvalue weighted by Gasteiger charge is 2.45. The zero-order valence-electron chi connectivity index (χ0n) is 11.4. The molecule has 1 atom stereocenters. The van der Waals surface area contributed by atoms with E-state index in [0.29, 0.717) is 0 Å². The van der Waals surface area contributed by atoms with Crippen molar-refractivity contribution in [2.24, 2.45) is 0 Å². The van der Waals surface area contributed by atoms with Crippen molar-refractivity contribution in [3.8, 4) is 28.7 Å². The molecule has 0 saturated heterocycles. The minimum atomic E-state index is -2.59. The summed E-state index contributed by atoms with van der Waals surface area (Å²) in [6.07, 6.45) is 0. The molecule has 3 rings (SSSR count). The van der Waals surface area contributed by atoms with Crippen LogP contribution >= 0.6 is 0 Å². The van der Waals surface area contributed by atoms with E-state index in [-0.39, 0.29) is 16.9 Å². The Morgan fingerprint density at radius 1 is 0.783 bits per heavy atom. The molecule has 0 fully saturated rings. The lowest BCUT2D eigenvalue weighted by atomic mass is 9.96. The summed E-state index contributed by atoms with van der Waals surface area (Å²) >= 11 is 0. The number of benzene rings is 2. The van der Waals surface area contributed by atoms with Crippen LogP contribution in [-0.2, 0) is 5.79 Å². The number of hydrogen-bond acceptors (Lipinski definition) is 8. The van der Waals surface area contributed by atoms with E-state index in [0.717, 1.165) is 30.3 Å². The van der Waals surface area contributed by atoms with Crippen molar-refractivity contribution < 1.29 is 40.5 Å². The van der Waals surface area contributed by atoms with Gasteiger partial charge in [-0.1, -0.05) is 0 Å². The van der Waals surface area contributed by atoms with Crippen molar-refractivity contribution in [3.05, 3.63) is 47.2 Å². The first-order chi connectivity index (χ1) is 10.7. The van der Waals surface area contributed by atoms with E-state index in [1.165, 1.54) is 0 Å². The van der Waals surface area contributed by atoms with Gasteiger partial charge in [0.05, 0.1) is 0 Å². The van der Waals surface area contributed by atoms with Crippen molar-refractivity contribution >= 4 is 5.76 Å². The summed E-state index contributed by atoms with van der Waals surface area (Å²) in [4.78, 5) is 0. The summed E-state index contributed by atoms with van der Waals surface area (Å²) in [5, 5.41) is 68.8. The predicted octanol–water partition coefficient (Wildman–Crippen LogP) is 1.53. The molecule has 7 N–H and O–H groups in total. The largest absolute Gasteiger partial charge is 0.508 e. The Labute approximate surface area is 129 Å². The number of aromatic hydroxyl groups is 4. The lowest BCUT2D eigenvalue weighted by Crippen LogP contribution is -2.38. The van der Waals surface area contributed by atoms with Gasteiger partial charge < -0.3 is 40.5 Å². The fourth-order valence-corrected chi connectivity index (χ4v) is 2.32.